The van der Waals surface area contributed by atoms with Gasteiger partial charge in [-0.1, -0.05) is 25.6 Å². The number of ether oxygens (including phenoxy) is 2. The Morgan fingerprint density at radius 2 is 1.91 bits per heavy atom. The molecule has 0 saturated carbocycles. The number of hydrogen-bond acceptors (Lipinski definition) is 8. The van der Waals surface area contributed by atoms with E-state index in [0.717, 1.165) is 22.7 Å². The van der Waals surface area contributed by atoms with Gasteiger partial charge in [-0.15, -0.1) is 0 Å². The molecule has 34 heavy (non-hydrogen) atoms. The van der Waals surface area contributed by atoms with Crippen molar-refractivity contribution < 1.29 is 14.3 Å². The number of rotatable bonds is 6. The second-order valence-corrected chi connectivity index (χ2v) is 9.44. The van der Waals surface area contributed by atoms with Crippen LogP contribution in [0.2, 0.25) is 0 Å². The molecule has 180 valence electrons. The third-order valence-electron chi connectivity index (χ3n) is 5.18. The van der Waals surface area contributed by atoms with Gasteiger partial charge in [0, 0.05) is 31.8 Å². The van der Waals surface area contributed by atoms with E-state index in [9.17, 15) is 14.4 Å². The van der Waals surface area contributed by atoms with Gasteiger partial charge in [0.25, 0.3) is 5.56 Å². The summed E-state index contributed by atoms with van der Waals surface area (Å²) < 4.78 is 13.8. The molecule has 1 amide bonds. The van der Waals surface area contributed by atoms with Gasteiger partial charge in [0.15, 0.2) is 17.1 Å². The van der Waals surface area contributed by atoms with Crippen LogP contribution >= 0.6 is 11.8 Å². The second kappa shape index (κ2) is 9.88. The second-order valence-electron chi connectivity index (χ2n) is 8.47. The van der Waals surface area contributed by atoms with Crippen molar-refractivity contribution in [3.8, 4) is 11.5 Å². The number of benzene rings is 1. The Balaban J connectivity index is 1.59. The lowest BCUT2D eigenvalue weighted by atomic mass is 10.2. The predicted molar refractivity (Wildman–Crippen MR) is 130 cm³/mol. The standard InChI is InChI=1S/C23H27N5O5S/c1-13(2)11-28-20-19(22(30)27(4)23(28)31)21(25-14(3)24-20)34-12-18(29)26-15-6-7-16-17(10-15)33-9-5-8-32-16/h6-7,10,13H,5,8-9,11-12H2,1-4H3,(H,26,29). The summed E-state index contributed by atoms with van der Waals surface area (Å²) in [7, 11) is 1.44. The zero-order valence-electron chi connectivity index (χ0n) is 19.6. The number of hydrogen-bond donors (Lipinski definition) is 1. The van der Waals surface area contributed by atoms with Crippen LogP contribution < -0.4 is 26.0 Å². The fraction of sp³-hybridized carbons (Fsp3) is 0.435. The summed E-state index contributed by atoms with van der Waals surface area (Å²) in [4.78, 5) is 47.2. The van der Waals surface area contributed by atoms with Crippen LogP contribution in [0, 0.1) is 12.8 Å². The van der Waals surface area contributed by atoms with Crippen LogP contribution in [-0.2, 0) is 18.4 Å². The van der Waals surface area contributed by atoms with Crippen molar-refractivity contribution in [2.75, 3.05) is 24.3 Å². The Morgan fingerprint density at radius 1 is 1.18 bits per heavy atom. The van der Waals surface area contributed by atoms with Gasteiger partial charge in [0.05, 0.1) is 19.0 Å². The van der Waals surface area contributed by atoms with Crippen LogP contribution in [0.25, 0.3) is 11.0 Å². The molecular formula is C23H27N5O5S. The number of aromatic nitrogens is 4. The van der Waals surface area contributed by atoms with Crippen LogP contribution in [0.15, 0.2) is 32.8 Å². The first kappa shape index (κ1) is 23.8. The van der Waals surface area contributed by atoms with Gasteiger partial charge in [-0.05, 0) is 25.0 Å². The summed E-state index contributed by atoms with van der Waals surface area (Å²) in [5.74, 6) is 1.58. The molecule has 1 aliphatic rings. The molecule has 0 bridgehead atoms. The summed E-state index contributed by atoms with van der Waals surface area (Å²) in [6, 6.07) is 5.25. The molecule has 1 aromatic carbocycles. The molecule has 0 atom stereocenters. The van der Waals surface area contributed by atoms with E-state index in [1.807, 2.05) is 13.8 Å². The van der Waals surface area contributed by atoms with Crippen molar-refractivity contribution in [2.45, 2.75) is 38.8 Å². The lowest BCUT2D eigenvalue weighted by Crippen LogP contribution is -2.39. The molecule has 3 heterocycles. The summed E-state index contributed by atoms with van der Waals surface area (Å²) >= 11 is 1.13. The maximum absolute atomic E-state index is 12.9. The fourth-order valence-corrected chi connectivity index (χ4v) is 4.51. The first-order chi connectivity index (χ1) is 16.2. The first-order valence-electron chi connectivity index (χ1n) is 11.0. The molecule has 10 nitrogen and oxygen atoms in total. The van der Waals surface area contributed by atoms with Crippen molar-refractivity contribution in [1.29, 1.82) is 0 Å². The topological polar surface area (TPSA) is 117 Å². The van der Waals surface area contributed by atoms with Crippen LogP contribution in [-0.4, -0.2) is 44.0 Å². The minimum atomic E-state index is -0.481. The normalized spacial score (nSPS) is 13.2. The van der Waals surface area contributed by atoms with E-state index < -0.39 is 11.2 Å². The van der Waals surface area contributed by atoms with Crippen LogP contribution in [0.3, 0.4) is 0 Å². The Morgan fingerprint density at radius 3 is 2.65 bits per heavy atom. The van der Waals surface area contributed by atoms with Gasteiger partial charge in [-0.25, -0.2) is 14.8 Å². The van der Waals surface area contributed by atoms with Crippen molar-refractivity contribution in [2.24, 2.45) is 13.0 Å². The van der Waals surface area contributed by atoms with E-state index in [1.165, 1.54) is 11.6 Å². The highest BCUT2D eigenvalue weighted by molar-refractivity contribution is 8.00. The van der Waals surface area contributed by atoms with Crippen molar-refractivity contribution in [3.63, 3.8) is 0 Å². The molecule has 1 aliphatic heterocycles. The van der Waals surface area contributed by atoms with E-state index in [4.69, 9.17) is 9.47 Å². The smallest absolute Gasteiger partial charge is 0.332 e. The summed E-state index contributed by atoms with van der Waals surface area (Å²) in [5.41, 5.74) is -0.0291. The lowest BCUT2D eigenvalue weighted by Gasteiger charge is -2.15. The highest BCUT2D eigenvalue weighted by Crippen LogP contribution is 2.32. The number of anilines is 1. The molecule has 0 fully saturated rings. The lowest BCUT2D eigenvalue weighted by molar-refractivity contribution is -0.113. The van der Waals surface area contributed by atoms with Gasteiger partial charge in [-0.2, -0.15) is 0 Å². The molecule has 11 heteroatoms. The van der Waals surface area contributed by atoms with E-state index in [2.05, 4.69) is 15.3 Å². The maximum Gasteiger partial charge on any atom is 0.332 e. The zero-order valence-corrected chi connectivity index (χ0v) is 20.4. The SMILES string of the molecule is Cc1nc(SCC(=O)Nc2ccc3c(c2)OCCCO3)c2c(=O)n(C)c(=O)n(CC(C)C)c2n1. The van der Waals surface area contributed by atoms with Crippen molar-refractivity contribution in [1.82, 2.24) is 19.1 Å². The van der Waals surface area contributed by atoms with Gasteiger partial charge in [0.1, 0.15) is 16.2 Å². The zero-order chi connectivity index (χ0) is 24.4. The summed E-state index contributed by atoms with van der Waals surface area (Å²) in [6.07, 6.45) is 0.795. The first-order valence-corrected chi connectivity index (χ1v) is 12.0. The Labute approximate surface area is 200 Å². The van der Waals surface area contributed by atoms with Gasteiger partial charge < -0.3 is 14.8 Å². The highest BCUT2D eigenvalue weighted by atomic mass is 32.2. The molecule has 3 aromatic rings. The number of carbonyl (C=O) groups excluding carboxylic acids is 1. The van der Waals surface area contributed by atoms with E-state index in [-0.39, 0.29) is 23.0 Å². The number of carbonyl (C=O) groups is 1. The van der Waals surface area contributed by atoms with Gasteiger partial charge in [-0.3, -0.25) is 18.7 Å². The average molecular weight is 486 g/mol. The van der Waals surface area contributed by atoms with Crippen LogP contribution in [0.4, 0.5) is 5.69 Å². The highest BCUT2D eigenvalue weighted by Gasteiger charge is 2.19. The van der Waals surface area contributed by atoms with Gasteiger partial charge >= 0.3 is 5.69 Å². The predicted octanol–water partition coefficient (Wildman–Crippen LogP) is 2.35. The molecule has 4 rings (SSSR count). The number of aryl methyl sites for hydroxylation is 1. The summed E-state index contributed by atoms with van der Waals surface area (Å²) in [6.45, 7) is 7.22. The number of nitrogens with one attached hydrogen (secondary N) is 1. The molecular weight excluding hydrogens is 458 g/mol. The number of thioether (sulfide) groups is 1. The van der Waals surface area contributed by atoms with Gasteiger partial charge in [0.2, 0.25) is 5.91 Å². The monoisotopic (exact) mass is 485 g/mol. The molecule has 0 radical (unpaired) electrons. The summed E-state index contributed by atoms with van der Waals surface area (Å²) in [5, 5.41) is 3.45. The number of amides is 1. The molecule has 0 unspecified atom stereocenters. The molecule has 2 aromatic heterocycles. The van der Waals surface area contributed by atoms with Crippen LogP contribution in [0.1, 0.15) is 26.1 Å². The maximum atomic E-state index is 12.9. The molecule has 0 saturated heterocycles. The number of fused-ring (bicyclic) bond motifs is 2. The van der Waals surface area contributed by atoms with Crippen molar-refractivity contribution in [3.05, 3.63) is 44.9 Å². The Hall–Kier alpha value is -3.34. The quantitative estimate of drug-likeness (QED) is 0.418. The van der Waals surface area contributed by atoms with E-state index >= 15 is 0 Å². The fourth-order valence-electron chi connectivity index (χ4n) is 3.65. The third-order valence-corrected chi connectivity index (χ3v) is 6.15. The molecule has 0 spiro atoms. The van der Waals surface area contributed by atoms with Crippen LogP contribution in [0.5, 0.6) is 11.5 Å². The largest absolute Gasteiger partial charge is 0.490 e. The van der Waals surface area contributed by atoms with E-state index in [0.29, 0.717) is 53.4 Å². The number of nitrogens with zero attached hydrogens (tertiary/aromatic N) is 4. The van der Waals surface area contributed by atoms with E-state index in [1.54, 1.807) is 25.1 Å². The Kier molecular flexibility index (Phi) is 6.92. The molecule has 0 aliphatic carbocycles. The third kappa shape index (κ3) is 4.93. The van der Waals surface area contributed by atoms with Crippen molar-refractivity contribution >= 4 is 34.4 Å². The molecule has 1 N–H and O–H groups in total. The Bertz CT molecular complexity index is 1360. The minimum absolute atomic E-state index is 0.0203. The minimum Gasteiger partial charge on any atom is -0.490 e. The average Bonchev–Trinajstić information content (AvgIpc) is 3.03.